The first-order chi connectivity index (χ1) is 11.7. The summed E-state index contributed by atoms with van der Waals surface area (Å²) < 4.78 is 11.1. The van der Waals surface area contributed by atoms with Gasteiger partial charge in [-0.1, -0.05) is 13.0 Å². The number of nitrogens with zero attached hydrogens (tertiary/aromatic N) is 2. The zero-order chi connectivity index (χ0) is 16.9. The Bertz CT molecular complexity index is 571. The average Bonchev–Trinajstić information content (AvgIpc) is 2.61. The van der Waals surface area contributed by atoms with Crippen LogP contribution in [0.1, 0.15) is 25.5 Å². The number of hydrogen-bond donors (Lipinski definition) is 1. The van der Waals surface area contributed by atoms with E-state index in [2.05, 4.69) is 22.0 Å². The van der Waals surface area contributed by atoms with Gasteiger partial charge in [-0.25, -0.2) is 0 Å². The predicted molar refractivity (Wildman–Crippen MR) is 92.5 cm³/mol. The van der Waals surface area contributed by atoms with Crippen LogP contribution in [0.2, 0.25) is 0 Å². The van der Waals surface area contributed by atoms with Crippen molar-refractivity contribution in [3.8, 4) is 11.5 Å². The average molecular weight is 333 g/mol. The highest BCUT2D eigenvalue weighted by molar-refractivity contribution is 5.78. The number of ether oxygens (including phenoxy) is 2. The number of nitrogens with one attached hydrogen (secondary N) is 1. The van der Waals surface area contributed by atoms with E-state index >= 15 is 0 Å². The molecule has 1 atom stereocenters. The second kappa shape index (κ2) is 7.85. The van der Waals surface area contributed by atoms with Crippen LogP contribution in [0.15, 0.2) is 18.2 Å². The molecule has 0 radical (unpaired) electrons. The van der Waals surface area contributed by atoms with Crippen LogP contribution in [0.25, 0.3) is 0 Å². The van der Waals surface area contributed by atoms with Crippen molar-refractivity contribution in [2.45, 2.75) is 19.9 Å². The third-order valence-corrected chi connectivity index (χ3v) is 4.72. The molecule has 1 aromatic rings. The fraction of sp³-hybridized carbons (Fsp3) is 0.611. The Labute approximate surface area is 143 Å². The summed E-state index contributed by atoms with van der Waals surface area (Å²) in [5, 5.41) is 3.08. The zero-order valence-electron chi connectivity index (χ0n) is 14.6. The standard InChI is InChI=1S/C18H27N3O3/c1-3-20-6-8-21(9-7-20)13-18(22)19-14(2)15-4-5-16-17(12-15)24-11-10-23-16/h4-5,12,14H,3,6-11,13H2,1-2H3,(H,19,22)/t14-/m0/s1. The first-order valence-electron chi connectivity index (χ1n) is 8.79. The summed E-state index contributed by atoms with van der Waals surface area (Å²) in [7, 11) is 0. The Morgan fingerprint density at radius 1 is 1.12 bits per heavy atom. The van der Waals surface area contributed by atoms with Crippen LogP contribution < -0.4 is 14.8 Å². The zero-order valence-corrected chi connectivity index (χ0v) is 14.6. The molecule has 0 unspecified atom stereocenters. The van der Waals surface area contributed by atoms with E-state index < -0.39 is 0 Å². The fourth-order valence-electron chi connectivity index (χ4n) is 3.17. The van der Waals surface area contributed by atoms with Crippen LogP contribution in [-0.4, -0.2) is 68.2 Å². The molecular weight excluding hydrogens is 306 g/mol. The first kappa shape index (κ1) is 17.0. The maximum Gasteiger partial charge on any atom is 0.234 e. The van der Waals surface area contributed by atoms with Crippen molar-refractivity contribution in [1.29, 1.82) is 0 Å². The van der Waals surface area contributed by atoms with Crippen LogP contribution in [-0.2, 0) is 4.79 Å². The second-order valence-corrected chi connectivity index (χ2v) is 6.40. The van der Waals surface area contributed by atoms with Crippen molar-refractivity contribution >= 4 is 5.91 Å². The molecule has 0 saturated carbocycles. The van der Waals surface area contributed by atoms with Crippen LogP contribution in [0.5, 0.6) is 11.5 Å². The van der Waals surface area contributed by atoms with Gasteiger partial charge in [0.15, 0.2) is 11.5 Å². The molecule has 24 heavy (non-hydrogen) atoms. The van der Waals surface area contributed by atoms with Gasteiger partial charge >= 0.3 is 0 Å². The van der Waals surface area contributed by atoms with Gasteiger partial charge in [0.25, 0.3) is 0 Å². The van der Waals surface area contributed by atoms with Gasteiger partial charge in [-0.2, -0.15) is 0 Å². The normalized spacial score (nSPS) is 19.8. The number of piperazine rings is 1. The molecule has 3 rings (SSSR count). The van der Waals surface area contributed by atoms with Crippen molar-refractivity contribution in [1.82, 2.24) is 15.1 Å². The van der Waals surface area contributed by atoms with E-state index in [-0.39, 0.29) is 11.9 Å². The Morgan fingerprint density at radius 2 is 1.79 bits per heavy atom. The SMILES string of the molecule is CCN1CCN(CC(=O)N[C@@H](C)c2ccc3c(c2)OCCO3)CC1. The third-order valence-electron chi connectivity index (χ3n) is 4.72. The van der Waals surface area contributed by atoms with Crippen molar-refractivity contribution in [3.05, 3.63) is 23.8 Å². The van der Waals surface area contributed by atoms with E-state index in [1.807, 2.05) is 25.1 Å². The molecule has 2 aliphatic rings. The van der Waals surface area contributed by atoms with Gasteiger partial charge in [-0.3, -0.25) is 9.69 Å². The molecule has 0 bridgehead atoms. The van der Waals surface area contributed by atoms with Crippen molar-refractivity contribution in [2.24, 2.45) is 0 Å². The minimum Gasteiger partial charge on any atom is -0.486 e. The lowest BCUT2D eigenvalue weighted by Crippen LogP contribution is -2.49. The highest BCUT2D eigenvalue weighted by atomic mass is 16.6. The lowest BCUT2D eigenvalue weighted by molar-refractivity contribution is -0.123. The van der Waals surface area contributed by atoms with Crippen LogP contribution >= 0.6 is 0 Å². The molecule has 2 heterocycles. The van der Waals surface area contributed by atoms with Gasteiger partial charge in [-0.05, 0) is 31.2 Å². The molecule has 1 fully saturated rings. The molecule has 1 saturated heterocycles. The fourth-order valence-corrected chi connectivity index (χ4v) is 3.17. The molecule has 6 nitrogen and oxygen atoms in total. The number of amides is 1. The van der Waals surface area contributed by atoms with Crippen molar-refractivity contribution < 1.29 is 14.3 Å². The summed E-state index contributed by atoms with van der Waals surface area (Å²) in [5.41, 5.74) is 1.03. The smallest absolute Gasteiger partial charge is 0.234 e. The number of hydrogen-bond acceptors (Lipinski definition) is 5. The van der Waals surface area contributed by atoms with Gasteiger partial charge in [0.2, 0.25) is 5.91 Å². The third kappa shape index (κ3) is 4.19. The van der Waals surface area contributed by atoms with Crippen molar-refractivity contribution in [3.63, 3.8) is 0 Å². The Balaban J connectivity index is 1.51. The molecule has 132 valence electrons. The summed E-state index contributed by atoms with van der Waals surface area (Å²) in [6.45, 7) is 10.9. The quantitative estimate of drug-likeness (QED) is 0.879. The first-order valence-corrected chi connectivity index (χ1v) is 8.79. The molecule has 1 N–H and O–H groups in total. The second-order valence-electron chi connectivity index (χ2n) is 6.40. The monoisotopic (exact) mass is 333 g/mol. The number of benzene rings is 1. The summed E-state index contributed by atoms with van der Waals surface area (Å²) in [6, 6.07) is 5.80. The maximum atomic E-state index is 12.3. The van der Waals surface area contributed by atoms with E-state index in [9.17, 15) is 4.79 Å². The molecule has 0 aliphatic carbocycles. The van der Waals surface area contributed by atoms with E-state index in [4.69, 9.17) is 9.47 Å². The van der Waals surface area contributed by atoms with E-state index in [1.54, 1.807) is 0 Å². The van der Waals surface area contributed by atoms with Crippen molar-refractivity contribution in [2.75, 3.05) is 52.5 Å². The Morgan fingerprint density at radius 3 is 2.50 bits per heavy atom. The van der Waals surface area contributed by atoms with E-state index in [1.165, 1.54) is 0 Å². The highest BCUT2D eigenvalue weighted by Crippen LogP contribution is 2.32. The molecule has 0 spiro atoms. The van der Waals surface area contributed by atoms with Crippen LogP contribution in [0.4, 0.5) is 0 Å². The van der Waals surface area contributed by atoms with Crippen LogP contribution in [0.3, 0.4) is 0 Å². The predicted octanol–water partition coefficient (Wildman–Crippen LogP) is 1.27. The van der Waals surface area contributed by atoms with E-state index in [0.717, 1.165) is 49.8 Å². The maximum absolute atomic E-state index is 12.3. The highest BCUT2D eigenvalue weighted by Gasteiger charge is 2.20. The van der Waals surface area contributed by atoms with E-state index in [0.29, 0.717) is 19.8 Å². The minimum atomic E-state index is -0.0507. The molecule has 1 aromatic carbocycles. The molecule has 0 aromatic heterocycles. The number of carbonyl (C=O) groups is 1. The van der Waals surface area contributed by atoms with Gasteiger partial charge in [0.05, 0.1) is 12.6 Å². The largest absolute Gasteiger partial charge is 0.486 e. The molecule has 1 amide bonds. The lowest BCUT2D eigenvalue weighted by Gasteiger charge is -2.33. The molecule has 2 aliphatic heterocycles. The summed E-state index contributed by atoms with van der Waals surface area (Å²) >= 11 is 0. The summed E-state index contributed by atoms with van der Waals surface area (Å²) in [6.07, 6.45) is 0. The van der Waals surface area contributed by atoms with Gasteiger partial charge in [0.1, 0.15) is 13.2 Å². The Kier molecular flexibility index (Phi) is 5.58. The van der Waals surface area contributed by atoms with Crippen LogP contribution in [0, 0.1) is 0 Å². The lowest BCUT2D eigenvalue weighted by atomic mass is 10.1. The number of likely N-dealkylation sites (N-methyl/N-ethyl adjacent to an activating group) is 1. The summed E-state index contributed by atoms with van der Waals surface area (Å²) in [4.78, 5) is 16.9. The molecule has 6 heteroatoms. The molecular formula is C18H27N3O3. The minimum absolute atomic E-state index is 0.0507. The number of rotatable bonds is 5. The number of fused-ring (bicyclic) bond motifs is 1. The van der Waals surface area contributed by atoms with Gasteiger partial charge < -0.3 is 19.7 Å². The van der Waals surface area contributed by atoms with Gasteiger partial charge in [-0.15, -0.1) is 0 Å². The Hall–Kier alpha value is -1.79. The number of carbonyl (C=O) groups excluding carboxylic acids is 1. The topological polar surface area (TPSA) is 54.0 Å². The van der Waals surface area contributed by atoms with Gasteiger partial charge in [0, 0.05) is 26.2 Å². The summed E-state index contributed by atoms with van der Waals surface area (Å²) in [5.74, 6) is 1.61.